The Morgan fingerprint density at radius 2 is 1.74 bits per heavy atom. The Hall–Kier alpha value is -4.21. The van der Waals surface area contributed by atoms with E-state index in [9.17, 15) is 9.18 Å². The first kappa shape index (κ1) is 28.9. The second-order valence-corrected chi connectivity index (χ2v) is 11.4. The Morgan fingerprint density at radius 3 is 2.44 bits per heavy atom. The molecule has 0 spiro atoms. The number of benzene rings is 2. The van der Waals surface area contributed by atoms with Crippen molar-refractivity contribution in [1.82, 2.24) is 24.4 Å². The van der Waals surface area contributed by atoms with Gasteiger partial charge in [0.25, 0.3) is 5.56 Å². The third-order valence-corrected chi connectivity index (χ3v) is 8.43. The van der Waals surface area contributed by atoms with Crippen LogP contribution in [0.1, 0.15) is 36.9 Å². The molecule has 7 nitrogen and oxygen atoms in total. The number of halogens is 3. The van der Waals surface area contributed by atoms with Crippen molar-refractivity contribution in [2.75, 3.05) is 25.5 Å². The van der Waals surface area contributed by atoms with E-state index in [0.29, 0.717) is 56.2 Å². The van der Waals surface area contributed by atoms with Gasteiger partial charge in [-0.05, 0) is 100 Å². The van der Waals surface area contributed by atoms with Crippen LogP contribution in [0.15, 0.2) is 65.6 Å². The number of aryl methyl sites for hydroxylation is 2. The molecule has 10 heteroatoms. The van der Waals surface area contributed by atoms with Gasteiger partial charge in [-0.15, -0.1) is 0 Å². The number of nitrogens with one attached hydrogen (secondary N) is 1. The number of fused-ring (bicyclic) bond motifs is 1. The summed E-state index contributed by atoms with van der Waals surface area (Å²) in [4.78, 5) is 28.8. The van der Waals surface area contributed by atoms with Gasteiger partial charge < -0.3 is 10.2 Å². The molecular weight excluding hydrogens is 570 g/mol. The van der Waals surface area contributed by atoms with E-state index < -0.39 is 5.95 Å². The molecule has 1 aliphatic rings. The van der Waals surface area contributed by atoms with Crippen molar-refractivity contribution < 1.29 is 8.78 Å². The van der Waals surface area contributed by atoms with Crippen molar-refractivity contribution in [2.24, 2.45) is 0 Å². The Morgan fingerprint density at radius 1 is 0.977 bits per heavy atom. The van der Waals surface area contributed by atoms with Crippen LogP contribution in [-0.2, 0) is 6.54 Å². The summed E-state index contributed by atoms with van der Waals surface area (Å²) >= 11 is 6.65. The van der Waals surface area contributed by atoms with Crippen LogP contribution < -0.4 is 10.9 Å². The molecule has 1 N–H and O–H groups in total. The molecule has 220 valence electrons. The largest absolute Gasteiger partial charge is 0.324 e. The third kappa shape index (κ3) is 5.75. The van der Waals surface area contributed by atoms with Gasteiger partial charge in [0, 0.05) is 51.2 Å². The van der Waals surface area contributed by atoms with Gasteiger partial charge >= 0.3 is 0 Å². The van der Waals surface area contributed by atoms with E-state index in [1.807, 2.05) is 19.1 Å². The Labute approximate surface area is 253 Å². The first-order valence-corrected chi connectivity index (χ1v) is 14.7. The molecule has 0 atom stereocenters. The molecular formula is C33H31ClF2N6O. The lowest BCUT2D eigenvalue weighted by molar-refractivity contribution is 0.253. The molecule has 0 unspecified atom stereocenters. The van der Waals surface area contributed by atoms with Gasteiger partial charge in [0.1, 0.15) is 11.5 Å². The molecule has 0 saturated carbocycles. The van der Waals surface area contributed by atoms with E-state index in [-0.39, 0.29) is 23.2 Å². The van der Waals surface area contributed by atoms with Crippen LogP contribution in [0.2, 0.25) is 5.02 Å². The summed E-state index contributed by atoms with van der Waals surface area (Å²) in [6, 6.07) is 15.3. The van der Waals surface area contributed by atoms with Gasteiger partial charge in [-0.25, -0.2) is 14.4 Å². The molecule has 6 rings (SSSR count). The van der Waals surface area contributed by atoms with Gasteiger partial charge in [-0.1, -0.05) is 29.8 Å². The number of anilines is 2. The van der Waals surface area contributed by atoms with Gasteiger partial charge in [-0.2, -0.15) is 9.37 Å². The topological polar surface area (TPSA) is 75.9 Å². The van der Waals surface area contributed by atoms with Gasteiger partial charge in [-0.3, -0.25) is 9.36 Å². The maximum Gasteiger partial charge on any atom is 0.260 e. The van der Waals surface area contributed by atoms with Crippen LogP contribution in [0.25, 0.3) is 33.3 Å². The van der Waals surface area contributed by atoms with Gasteiger partial charge in [0.15, 0.2) is 0 Å². The first-order valence-electron chi connectivity index (χ1n) is 14.3. The molecule has 1 aliphatic heterocycles. The number of aromatic nitrogens is 4. The Balaban J connectivity index is 1.30. The van der Waals surface area contributed by atoms with Crippen molar-refractivity contribution in [2.45, 2.75) is 39.2 Å². The third-order valence-electron chi connectivity index (χ3n) is 8.12. The lowest BCUT2D eigenvalue weighted by Gasteiger charge is -2.29. The molecule has 1 fully saturated rings. The minimum Gasteiger partial charge on any atom is -0.324 e. The quantitative estimate of drug-likeness (QED) is 0.206. The molecule has 2 aromatic carbocycles. The standard InChI is InChI=1S/C33H31ClF2N6O/c1-4-42-31-22(15-27(32(42)43)26-9-6-21(16-28(26)34)25-8-5-19(2)38-30(25)36)18-37-33(40-31)39-23-7-10-24(29(35)17-23)20-11-13-41(3)14-12-20/h5-10,15-18,20H,4,11-14H2,1-3H3,(H,37,39,40). The number of hydrogen-bond acceptors (Lipinski definition) is 6. The predicted molar refractivity (Wildman–Crippen MR) is 167 cm³/mol. The lowest BCUT2D eigenvalue weighted by Crippen LogP contribution is -2.29. The highest BCUT2D eigenvalue weighted by Crippen LogP contribution is 2.34. The van der Waals surface area contributed by atoms with Crippen LogP contribution >= 0.6 is 11.6 Å². The molecule has 3 aromatic heterocycles. The summed E-state index contributed by atoms with van der Waals surface area (Å²) in [6.45, 7) is 5.85. The highest BCUT2D eigenvalue weighted by molar-refractivity contribution is 6.33. The fourth-order valence-corrected chi connectivity index (χ4v) is 6.01. The monoisotopic (exact) mass is 600 g/mol. The number of pyridine rings is 2. The Bertz CT molecular complexity index is 1900. The van der Waals surface area contributed by atoms with Crippen molar-refractivity contribution in [1.29, 1.82) is 0 Å². The van der Waals surface area contributed by atoms with Crippen molar-refractivity contribution in [3.05, 3.63) is 99.2 Å². The number of nitrogens with zero attached hydrogens (tertiary/aromatic N) is 5. The fraction of sp³-hybridized carbons (Fsp3) is 0.273. The van der Waals surface area contributed by atoms with E-state index in [4.69, 9.17) is 11.6 Å². The first-order chi connectivity index (χ1) is 20.7. The molecule has 5 aromatic rings. The minimum atomic E-state index is -0.583. The zero-order valence-corrected chi connectivity index (χ0v) is 24.9. The predicted octanol–water partition coefficient (Wildman–Crippen LogP) is 7.33. The average Bonchev–Trinajstić information content (AvgIpc) is 2.98. The van der Waals surface area contributed by atoms with Crippen molar-refractivity contribution in [3.8, 4) is 22.3 Å². The van der Waals surface area contributed by atoms with E-state index in [1.165, 1.54) is 6.07 Å². The second-order valence-electron chi connectivity index (χ2n) is 11.0. The van der Waals surface area contributed by atoms with E-state index >= 15 is 4.39 Å². The number of rotatable bonds is 6. The van der Waals surface area contributed by atoms with Gasteiger partial charge in [0.2, 0.25) is 11.9 Å². The second kappa shape index (κ2) is 11.8. The lowest BCUT2D eigenvalue weighted by atomic mass is 9.89. The summed E-state index contributed by atoms with van der Waals surface area (Å²) < 4.78 is 31.1. The SMILES string of the molecule is CCn1c(=O)c(-c2ccc(-c3ccc(C)nc3F)cc2Cl)cc2cnc(Nc3ccc(C4CCN(C)CC4)c(F)c3)nc21. The smallest absolute Gasteiger partial charge is 0.260 e. The van der Waals surface area contributed by atoms with Gasteiger partial charge in [0.05, 0.1) is 0 Å². The molecule has 0 aliphatic carbocycles. The van der Waals surface area contributed by atoms with E-state index in [2.05, 4.69) is 32.2 Å². The van der Waals surface area contributed by atoms with Crippen LogP contribution in [0, 0.1) is 18.7 Å². The maximum atomic E-state index is 15.1. The van der Waals surface area contributed by atoms with Crippen LogP contribution in [0.5, 0.6) is 0 Å². The normalized spacial score (nSPS) is 14.4. The number of likely N-dealkylation sites (tertiary alicyclic amines) is 1. The molecule has 0 amide bonds. The van der Waals surface area contributed by atoms with Crippen LogP contribution in [0.3, 0.4) is 0 Å². The zero-order chi connectivity index (χ0) is 30.2. The van der Waals surface area contributed by atoms with Crippen LogP contribution in [0.4, 0.5) is 20.4 Å². The van der Waals surface area contributed by atoms with E-state index in [1.54, 1.807) is 54.1 Å². The fourth-order valence-electron chi connectivity index (χ4n) is 5.73. The van der Waals surface area contributed by atoms with Crippen molar-refractivity contribution in [3.63, 3.8) is 0 Å². The summed E-state index contributed by atoms with van der Waals surface area (Å²) in [7, 11) is 2.09. The number of piperidine rings is 1. The average molecular weight is 601 g/mol. The zero-order valence-electron chi connectivity index (χ0n) is 24.2. The minimum absolute atomic E-state index is 0.209. The van der Waals surface area contributed by atoms with Crippen LogP contribution in [-0.4, -0.2) is 44.6 Å². The number of hydrogen-bond donors (Lipinski definition) is 1. The van der Waals surface area contributed by atoms with E-state index in [0.717, 1.165) is 31.5 Å². The Kier molecular flexibility index (Phi) is 7.94. The highest BCUT2D eigenvalue weighted by atomic mass is 35.5. The molecule has 0 radical (unpaired) electrons. The van der Waals surface area contributed by atoms with Crippen molar-refractivity contribution >= 4 is 34.3 Å². The summed E-state index contributed by atoms with van der Waals surface area (Å²) in [6.07, 6.45) is 3.49. The summed E-state index contributed by atoms with van der Waals surface area (Å²) in [5.74, 6) is -0.370. The maximum absolute atomic E-state index is 15.1. The highest BCUT2D eigenvalue weighted by Gasteiger charge is 2.22. The molecule has 4 heterocycles. The summed E-state index contributed by atoms with van der Waals surface area (Å²) in [5, 5.41) is 4.03. The summed E-state index contributed by atoms with van der Waals surface area (Å²) in [5.41, 5.74) is 3.79. The molecule has 1 saturated heterocycles. The molecule has 43 heavy (non-hydrogen) atoms. The molecule has 0 bridgehead atoms.